The number of nitrogens with two attached hydrogens (primary N) is 1. The van der Waals surface area contributed by atoms with E-state index in [9.17, 15) is 5.21 Å². The fraction of sp³-hybridized carbons (Fsp3) is 1.00. The van der Waals surface area contributed by atoms with Gasteiger partial charge in [0, 0.05) is 18.9 Å². The average molecular weight is 172 g/mol. The minimum absolute atomic E-state index is 0.188. The molecule has 1 rings (SSSR count). The van der Waals surface area contributed by atoms with E-state index in [2.05, 4.69) is 0 Å². The summed E-state index contributed by atoms with van der Waals surface area (Å²) in [6, 6.07) is 0.188. The highest BCUT2D eigenvalue weighted by atomic mass is 16.5. The molecule has 12 heavy (non-hydrogen) atoms. The van der Waals surface area contributed by atoms with Crippen LogP contribution in [0.15, 0.2) is 0 Å². The van der Waals surface area contributed by atoms with Crippen molar-refractivity contribution in [2.45, 2.75) is 57.7 Å². The molecule has 0 bridgehead atoms. The quantitative estimate of drug-likeness (QED) is 0.507. The normalized spacial score (nSPS) is 39.5. The van der Waals surface area contributed by atoms with Crippen LogP contribution in [0.5, 0.6) is 0 Å². The second-order valence-corrected chi connectivity index (χ2v) is 5.27. The Kier molecular flexibility index (Phi) is 2.23. The second kappa shape index (κ2) is 2.69. The van der Waals surface area contributed by atoms with Crippen molar-refractivity contribution in [3.05, 3.63) is 5.21 Å². The summed E-state index contributed by atoms with van der Waals surface area (Å²) in [6.07, 6.45) is 1.66. The smallest absolute Gasteiger partial charge is 0.0936 e. The Morgan fingerprint density at radius 2 is 1.50 bits per heavy atom. The van der Waals surface area contributed by atoms with Gasteiger partial charge in [0.2, 0.25) is 0 Å². The van der Waals surface area contributed by atoms with Crippen molar-refractivity contribution in [3.63, 3.8) is 0 Å². The van der Waals surface area contributed by atoms with Gasteiger partial charge in [-0.25, -0.2) is 0 Å². The molecule has 0 spiro atoms. The van der Waals surface area contributed by atoms with E-state index in [0.717, 1.165) is 12.8 Å². The SMILES string of the molecule is CC1(C)CC(N)CC(C)(C)[NH+]1[O-]. The Bertz CT molecular complexity index is 159. The summed E-state index contributed by atoms with van der Waals surface area (Å²) in [7, 11) is 0. The molecule has 1 saturated heterocycles. The highest BCUT2D eigenvalue weighted by molar-refractivity contribution is 4.88. The largest absolute Gasteiger partial charge is 0.634 e. The summed E-state index contributed by atoms with van der Waals surface area (Å²) in [6.45, 7) is 7.98. The molecule has 3 nitrogen and oxygen atoms in total. The van der Waals surface area contributed by atoms with Crippen molar-refractivity contribution < 1.29 is 5.06 Å². The Balaban J connectivity index is 2.84. The highest BCUT2D eigenvalue weighted by Gasteiger charge is 2.43. The fourth-order valence-electron chi connectivity index (χ4n) is 2.48. The zero-order chi connectivity index (χ0) is 9.57. The molecule has 0 aromatic carbocycles. The molecule has 72 valence electrons. The van der Waals surface area contributed by atoms with Gasteiger partial charge in [-0.2, -0.15) is 0 Å². The van der Waals surface area contributed by atoms with Gasteiger partial charge in [-0.3, -0.25) is 0 Å². The van der Waals surface area contributed by atoms with Gasteiger partial charge in [0.25, 0.3) is 0 Å². The third kappa shape index (κ3) is 1.63. The van der Waals surface area contributed by atoms with Gasteiger partial charge in [0.05, 0.1) is 11.1 Å². The third-order valence-electron chi connectivity index (χ3n) is 2.77. The van der Waals surface area contributed by atoms with Crippen LogP contribution in [0.3, 0.4) is 0 Å². The van der Waals surface area contributed by atoms with E-state index >= 15 is 0 Å². The van der Waals surface area contributed by atoms with Crippen LogP contribution in [0.25, 0.3) is 0 Å². The van der Waals surface area contributed by atoms with E-state index in [1.165, 1.54) is 0 Å². The molecule has 1 aliphatic rings. The van der Waals surface area contributed by atoms with Crippen LogP contribution in [0.1, 0.15) is 40.5 Å². The van der Waals surface area contributed by atoms with Gasteiger partial charge in [0.15, 0.2) is 0 Å². The van der Waals surface area contributed by atoms with Crippen molar-refractivity contribution >= 4 is 0 Å². The van der Waals surface area contributed by atoms with Crippen LogP contribution in [-0.2, 0) is 0 Å². The molecule has 0 aromatic rings. The van der Waals surface area contributed by atoms with Gasteiger partial charge in [-0.1, -0.05) is 0 Å². The molecule has 0 amide bonds. The first kappa shape index (κ1) is 9.96. The lowest BCUT2D eigenvalue weighted by atomic mass is 9.79. The number of rotatable bonds is 0. The summed E-state index contributed by atoms with van der Waals surface area (Å²) in [4.78, 5) is 0. The molecule has 0 saturated carbocycles. The molecule has 3 heteroatoms. The van der Waals surface area contributed by atoms with Crippen LogP contribution in [0.2, 0.25) is 0 Å². The van der Waals surface area contributed by atoms with E-state index in [1.54, 1.807) is 0 Å². The maximum Gasteiger partial charge on any atom is 0.0936 e. The number of hydrogen-bond acceptors (Lipinski definition) is 2. The van der Waals surface area contributed by atoms with E-state index in [1.807, 2.05) is 27.7 Å². The van der Waals surface area contributed by atoms with Gasteiger partial charge in [-0.05, 0) is 27.7 Å². The molecular formula is C9H20N2O. The number of hydroxylamine groups is 2. The van der Waals surface area contributed by atoms with E-state index in [0.29, 0.717) is 5.06 Å². The van der Waals surface area contributed by atoms with Crippen LogP contribution >= 0.6 is 0 Å². The number of nitrogens with one attached hydrogen (secondary N) is 1. The van der Waals surface area contributed by atoms with Gasteiger partial charge >= 0.3 is 0 Å². The standard InChI is InChI=1S/C9H20N2O/c1-8(2)5-7(10)6-9(3,4)11(8)12/h7,11H,5-6,10H2,1-4H3. The number of quaternary nitrogens is 1. The first-order valence-electron chi connectivity index (χ1n) is 4.56. The molecule has 0 unspecified atom stereocenters. The third-order valence-corrected chi connectivity index (χ3v) is 2.77. The van der Waals surface area contributed by atoms with Crippen LogP contribution < -0.4 is 10.8 Å². The topological polar surface area (TPSA) is 53.5 Å². The Morgan fingerprint density at radius 3 is 1.83 bits per heavy atom. The predicted molar refractivity (Wildman–Crippen MR) is 49.7 cm³/mol. The molecule has 0 aliphatic carbocycles. The van der Waals surface area contributed by atoms with Crippen molar-refractivity contribution in [1.29, 1.82) is 0 Å². The summed E-state index contributed by atoms with van der Waals surface area (Å²) in [5.41, 5.74) is 5.45. The molecular weight excluding hydrogens is 152 g/mol. The van der Waals surface area contributed by atoms with Gasteiger partial charge < -0.3 is 16.0 Å². The molecule has 0 atom stereocenters. The lowest BCUT2D eigenvalue weighted by Crippen LogP contribution is -3.23. The lowest BCUT2D eigenvalue weighted by molar-refractivity contribution is -0.955. The molecule has 3 N–H and O–H groups in total. The van der Waals surface area contributed by atoms with Crippen LogP contribution in [0.4, 0.5) is 0 Å². The second-order valence-electron chi connectivity index (χ2n) is 5.27. The Morgan fingerprint density at radius 1 is 1.17 bits per heavy atom. The first-order valence-corrected chi connectivity index (χ1v) is 4.56. The average Bonchev–Trinajstić information content (AvgIpc) is 1.80. The number of hydrogen-bond donors (Lipinski definition) is 2. The fourth-order valence-corrected chi connectivity index (χ4v) is 2.48. The Hall–Kier alpha value is -0.120. The van der Waals surface area contributed by atoms with E-state index < -0.39 is 0 Å². The minimum atomic E-state index is -0.221. The molecule has 0 aromatic heterocycles. The molecule has 0 radical (unpaired) electrons. The predicted octanol–water partition coefficient (Wildman–Crippen LogP) is 0.0474. The van der Waals surface area contributed by atoms with Crippen LogP contribution in [0, 0.1) is 5.21 Å². The summed E-state index contributed by atoms with van der Waals surface area (Å²) < 4.78 is 0. The summed E-state index contributed by atoms with van der Waals surface area (Å²) >= 11 is 0. The molecule has 1 heterocycles. The van der Waals surface area contributed by atoms with Crippen molar-refractivity contribution in [1.82, 2.24) is 0 Å². The molecule has 1 fully saturated rings. The summed E-state index contributed by atoms with van der Waals surface area (Å²) in [5, 5.41) is 12.2. The van der Waals surface area contributed by atoms with Gasteiger partial charge in [-0.15, -0.1) is 0 Å². The van der Waals surface area contributed by atoms with Crippen molar-refractivity contribution in [2.75, 3.05) is 0 Å². The van der Waals surface area contributed by atoms with E-state index in [-0.39, 0.29) is 17.1 Å². The zero-order valence-electron chi connectivity index (χ0n) is 8.48. The maximum atomic E-state index is 11.9. The van der Waals surface area contributed by atoms with Crippen LogP contribution in [-0.4, -0.2) is 17.1 Å². The lowest BCUT2D eigenvalue weighted by Gasteiger charge is -2.54. The van der Waals surface area contributed by atoms with Gasteiger partial charge in [0.1, 0.15) is 0 Å². The first-order chi connectivity index (χ1) is 5.26. The zero-order valence-corrected chi connectivity index (χ0v) is 8.48. The molecule has 1 aliphatic heterocycles. The van der Waals surface area contributed by atoms with Crippen molar-refractivity contribution in [3.8, 4) is 0 Å². The Labute approximate surface area is 74.5 Å². The van der Waals surface area contributed by atoms with Crippen molar-refractivity contribution in [2.24, 2.45) is 5.73 Å². The van der Waals surface area contributed by atoms with E-state index in [4.69, 9.17) is 5.73 Å². The monoisotopic (exact) mass is 172 g/mol. The minimum Gasteiger partial charge on any atom is -0.634 e. The maximum absolute atomic E-state index is 11.9. The number of piperidine rings is 1. The summed E-state index contributed by atoms with van der Waals surface area (Å²) in [5.74, 6) is 0. The highest BCUT2D eigenvalue weighted by Crippen LogP contribution is 2.21.